The van der Waals surface area contributed by atoms with E-state index < -0.39 is 18.4 Å². The molecule has 2 aromatic heterocycles. The zero-order valence-electron chi connectivity index (χ0n) is 22.6. The van der Waals surface area contributed by atoms with Gasteiger partial charge in [0.25, 0.3) is 0 Å². The van der Waals surface area contributed by atoms with Crippen LogP contribution in [0.1, 0.15) is 84.3 Å². The molecule has 2 fully saturated rings. The summed E-state index contributed by atoms with van der Waals surface area (Å²) in [4.78, 5) is 15.8. The van der Waals surface area contributed by atoms with Gasteiger partial charge in [0.15, 0.2) is 0 Å². The number of anilines is 1. The average molecular weight is 591 g/mol. The van der Waals surface area contributed by atoms with Crippen molar-refractivity contribution >= 4 is 39.1 Å². The number of likely N-dealkylation sites (tertiary alicyclic amines) is 1. The van der Waals surface area contributed by atoms with Crippen LogP contribution in [0.2, 0.25) is 13.3 Å². The molecule has 35 heavy (non-hydrogen) atoms. The molecule has 0 aliphatic carbocycles. The van der Waals surface area contributed by atoms with E-state index in [1.807, 2.05) is 0 Å². The predicted molar refractivity (Wildman–Crippen MR) is 148 cm³/mol. The summed E-state index contributed by atoms with van der Waals surface area (Å²) in [5, 5.41) is 0. The molecule has 0 saturated carbocycles. The first-order valence-electron chi connectivity index (χ1n) is 14.5. The molecule has 2 saturated heterocycles. The van der Waals surface area contributed by atoms with Crippen LogP contribution in [0.5, 0.6) is 0 Å². The molecular formula is C28H48N4O2Sn. The summed E-state index contributed by atoms with van der Waals surface area (Å²) >= 11 is -2.77. The number of rotatable bonds is 13. The Morgan fingerprint density at radius 2 is 1.46 bits per heavy atom. The summed E-state index contributed by atoms with van der Waals surface area (Å²) in [6.45, 7) is 13.5. The van der Waals surface area contributed by atoms with Gasteiger partial charge in [-0.2, -0.15) is 0 Å². The van der Waals surface area contributed by atoms with Gasteiger partial charge in [-0.05, 0) is 0 Å². The van der Waals surface area contributed by atoms with Crippen LogP contribution >= 0.6 is 0 Å². The first kappa shape index (κ1) is 27.2. The van der Waals surface area contributed by atoms with Crippen molar-refractivity contribution in [1.29, 1.82) is 0 Å². The number of aromatic nitrogens is 2. The summed E-state index contributed by atoms with van der Waals surface area (Å²) in [5.74, 6) is 2.10. The molecule has 196 valence electrons. The molecule has 7 heteroatoms. The summed E-state index contributed by atoms with van der Waals surface area (Å²) in [7, 11) is 0. The van der Waals surface area contributed by atoms with Gasteiger partial charge in [-0.15, -0.1) is 0 Å². The Balaban J connectivity index is 1.76. The molecule has 2 aromatic rings. The number of piperidine rings is 1. The van der Waals surface area contributed by atoms with Crippen LogP contribution in [0, 0.1) is 0 Å². The Bertz CT molecular complexity index is 884. The van der Waals surface area contributed by atoms with Gasteiger partial charge in [0.1, 0.15) is 0 Å². The number of ether oxygens (including phenoxy) is 1. The van der Waals surface area contributed by atoms with Gasteiger partial charge in [-0.25, -0.2) is 0 Å². The van der Waals surface area contributed by atoms with E-state index in [4.69, 9.17) is 19.1 Å². The molecule has 0 N–H and O–H groups in total. The van der Waals surface area contributed by atoms with E-state index in [9.17, 15) is 0 Å². The fourth-order valence-corrected chi connectivity index (χ4v) is 20.7. The van der Waals surface area contributed by atoms with Crippen LogP contribution < -0.4 is 8.74 Å². The number of furan rings is 1. The van der Waals surface area contributed by atoms with E-state index in [0.29, 0.717) is 0 Å². The minimum absolute atomic E-state index is 0.762. The second-order valence-electron chi connectivity index (χ2n) is 10.8. The average Bonchev–Trinajstić information content (AvgIpc) is 3.31. The van der Waals surface area contributed by atoms with Crippen molar-refractivity contribution in [3.05, 3.63) is 11.8 Å². The molecule has 4 heterocycles. The van der Waals surface area contributed by atoms with Gasteiger partial charge < -0.3 is 0 Å². The second kappa shape index (κ2) is 13.6. The summed E-state index contributed by atoms with van der Waals surface area (Å²) in [6.07, 6.45) is 11.7. The Kier molecular flexibility index (Phi) is 10.6. The quantitative estimate of drug-likeness (QED) is 0.263. The van der Waals surface area contributed by atoms with Crippen molar-refractivity contribution in [2.24, 2.45) is 0 Å². The van der Waals surface area contributed by atoms with E-state index in [1.165, 1.54) is 88.0 Å². The molecule has 0 aromatic carbocycles. The van der Waals surface area contributed by atoms with Crippen molar-refractivity contribution in [3.8, 4) is 0 Å². The van der Waals surface area contributed by atoms with Crippen molar-refractivity contribution in [1.82, 2.24) is 14.9 Å². The van der Waals surface area contributed by atoms with Crippen LogP contribution in [-0.2, 0) is 11.3 Å². The summed E-state index contributed by atoms with van der Waals surface area (Å²) in [5.41, 5.74) is 1.96. The van der Waals surface area contributed by atoms with E-state index >= 15 is 0 Å². The molecule has 0 atom stereocenters. The van der Waals surface area contributed by atoms with Crippen LogP contribution in [-0.4, -0.2) is 72.6 Å². The molecule has 6 nitrogen and oxygen atoms in total. The molecule has 0 radical (unpaired) electrons. The fourth-order valence-electron chi connectivity index (χ4n) is 5.86. The summed E-state index contributed by atoms with van der Waals surface area (Å²) < 4.78 is 17.7. The number of nitrogens with zero attached hydrogens (tertiary/aromatic N) is 4. The number of fused-ring (bicyclic) bond motifs is 1. The predicted octanol–water partition coefficient (Wildman–Crippen LogP) is 6.10. The fraction of sp³-hybridized carbons (Fsp3) is 0.786. The molecule has 0 spiro atoms. The molecule has 4 rings (SSSR count). The van der Waals surface area contributed by atoms with Crippen LogP contribution in [0.3, 0.4) is 0 Å². The van der Waals surface area contributed by atoms with Crippen molar-refractivity contribution in [3.63, 3.8) is 0 Å². The number of morpholine rings is 1. The van der Waals surface area contributed by atoms with Crippen molar-refractivity contribution in [2.45, 2.75) is 98.4 Å². The SMILES string of the molecule is CCC[CH2][Sn]([CH2]CCC)([CH2]CCC)[c]1nc(N2CCOCC2)c2oc(CN3CCCCC3)cc2n1. The van der Waals surface area contributed by atoms with Crippen LogP contribution in [0.15, 0.2) is 10.5 Å². The molecule has 0 unspecified atom stereocenters. The van der Waals surface area contributed by atoms with E-state index in [0.717, 1.165) is 55.5 Å². The standard InChI is InChI=1S/C16H21N4O2.3C4H9.Sn/c1-2-4-19(5-3-1)11-13-10-14-15(22-13)16(18-12-17-14)20-6-8-21-9-7-20;3*1-3-4-2;/h10H,1-9,11H2;3*1,3-4H2,2H3;. The first-order chi connectivity index (χ1) is 17.2. The third-order valence-electron chi connectivity index (χ3n) is 8.04. The van der Waals surface area contributed by atoms with Gasteiger partial charge in [-0.1, -0.05) is 0 Å². The normalized spacial score (nSPS) is 18.0. The van der Waals surface area contributed by atoms with Crippen LogP contribution in [0.25, 0.3) is 11.1 Å². The minimum atomic E-state index is -2.77. The van der Waals surface area contributed by atoms with Gasteiger partial charge in [0.2, 0.25) is 0 Å². The van der Waals surface area contributed by atoms with Crippen molar-refractivity contribution < 1.29 is 9.15 Å². The van der Waals surface area contributed by atoms with Gasteiger partial charge in [-0.3, -0.25) is 0 Å². The number of unbranched alkanes of at least 4 members (excludes halogenated alkanes) is 3. The Morgan fingerprint density at radius 3 is 2.06 bits per heavy atom. The Hall–Kier alpha value is -0.861. The first-order valence-corrected chi connectivity index (χ1v) is 22.0. The third kappa shape index (κ3) is 6.92. The van der Waals surface area contributed by atoms with E-state index in [1.54, 1.807) is 0 Å². The molecule has 0 amide bonds. The number of hydrogen-bond donors (Lipinski definition) is 0. The van der Waals surface area contributed by atoms with Crippen LogP contribution in [0.4, 0.5) is 5.82 Å². The van der Waals surface area contributed by atoms with Gasteiger partial charge in [0, 0.05) is 0 Å². The molecule has 2 aliphatic rings. The molecule has 0 bridgehead atoms. The monoisotopic (exact) mass is 592 g/mol. The van der Waals surface area contributed by atoms with Gasteiger partial charge >= 0.3 is 218 Å². The van der Waals surface area contributed by atoms with E-state index in [2.05, 4.69) is 36.6 Å². The zero-order chi connectivity index (χ0) is 24.5. The van der Waals surface area contributed by atoms with Gasteiger partial charge in [0.05, 0.1) is 0 Å². The molecular weight excluding hydrogens is 543 g/mol. The maximum atomic E-state index is 6.54. The Labute approximate surface area is 217 Å². The van der Waals surface area contributed by atoms with Crippen molar-refractivity contribution in [2.75, 3.05) is 44.3 Å². The molecule has 2 aliphatic heterocycles. The Morgan fingerprint density at radius 1 is 0.829 bits per heavy atom. The summed E-state index contributed by atoms with van der Waals surface area (Å²) in [6, 6.07) is 2.25. The number of hydrogen-bond acceptors (Lipinski definition) is 6. The second-order valence-corrected chi connectivity index (χ2v) is 23.7. The zero-order valence-corrected chi connectivity index (χ0v) is 25.5. The topological polar surface area (TPSA) is 54.6 Å². The maximum absolute atomic E-state index is 6.54. The third-order valence-corrected chi connectivity index (χ3v) is 22.6. The van der Waals surface area contributed by atoms with E-state index in [-0.39, 0.29) is 0 Å².